The van der Waals surface area contributed by atoms with E-state index >= 15 is 0 Å². The minimum absolute atomic E-state index is 0.00559. The molecule has 98 valence electrons. The lowest BCUT2D eigenvalue weighted by atomic mass is 10.3. The molecule has 1 aromatic rings. The van der Waals surface area contributed by atoms with Crippen LogP contribution in [0.25, 0.3) is 0 Å². The van der Waals surface area contributed by atoms with E-state index in [4.69, 9.17) is 4.74 Å². The molecule has 1 heterocycles. The van der Waals surface area contributed by atoms with Gasteiger partial charge in [0.2, 0.25) is 0 Å². The number of hydrogen-bond donors (Lipinski definition) is 1. The fraction of sp³-hybridized carbons (Fsp3) is 0.462. The molecule has 1 amide bonds. The van der Waals surface area contributed by atoms with Crippen LogP contribution in [0.3, 0.4) is 0 Å². The Bertz CT molecular complexity index is 386. The maximum absolute atomic E-state index is 12.7. The molecule has 0 atom stereocenters. The Morgan fingerprint density at radius 3 is 2.83 bits per heavy atom. The summed E-state index contributed by atoms with van der Waals surface area (Å²) in [7, 11) is 0. The zero-order valence-corrected chi connectivity index (χ0v) is 10.2. The molecule has 1 aromatic carbocycles. The zero-order valence-electron chi connectivity index (χ0n) is 10.2. The van der Waals surface area contributed by atoms with E-state index in [9.17, 15) is 9.18 Å². The molecule has 1 aliphatic heterocycles. The third-order valence-electron chi connectivity index (χ3n) is 2.87. The molecule has 4 nitrogen and oxygen atoms in total. The maximum atomic E-state index is 12.7. The quantitative estimate of drug-likeness (QED) is 0.873. The number of carbonyl (C=O) groups excluding carboxylic acids is 1. The minimum Gasteiger partial charge on any atom is -0.484 e. The number of halogens is 1. The van der Waals surface area contributed by atoms with Gasteiger partial charge in [0.15, 0.2) is 6.61 Å². The predicted molar refractivity (Wildman–Crippen MR) is 66.0 cm³/mol. The van der Waals surface area contributed by atoms with Crippen LogP contribution in [-0.4, -0.2) is 43.6 Å². The van der Waals surface area contributed by atoms with E-state index in [2.05, 4.69) is 5.32 Å². The van der Waals surface area contributed by atoms with Crippen molar-refractivity contribution in [3.63, 3.8) is 0 Å². The maximum Gasteiger partial charge on any atom is 0.260 e. The van der Waals surface area contributed by atoms with E-state index in [1.165, 1.54) is 24.3 Å². The molecule has 1 aliphatic rings. The number of rotatable bonds is 3. The summed E-state index contributed by atoms with van der Waals surface area (Å²) in [5.74, 6) is 0.174. The lowest BCUT2D eigenvalue weighted by Gasteiger charge is -2.19. The topological polar surface area (TPSA) is 41.6 Å². The van der Waals surface area contributed by atoms with Crippen molar-refractivity contribution in [1.29, 1.82) is 0 Å². The van der Waals surface area contributed by atoms with Crippen molar-refractivity contribution in [2.75, 3.05) is 32.8 Å². The van der Waals surface area contributed by atoms with Crippen LogP contribution in [-0.2, 0) is 4.79 Å². The molecular weight excluding hydrogens is 235 g/mol. The van der Waals surface area contributed by atoms with Crippen molar-refractivity contribution in [3.05, 3.63) is 30.1 Å². The number of carbonyl (C=O) groups is 1. The Labute approximate surface area is 106 Å². The monoisotopic (exact) mass is 252 g/mol. The molecule has 2 rings (SSSR count). The summed E-state index contributed by atoms with van der Waals surface area (Å²) in [5.41, 5.74) is 0. The second-order valence-electron chi connectivity index (χ2n) is 4.23. The van der Waals surface area contributed by atoms with E-state index in [1.807, 2.05) is 0 Å². The van der Waals surface area contributed by atoms with Crippen molar-refractivity contribution in [1.82, 2.24) is 10.2 Å². The van der Waals surface area contributed by atoms with Gasteiger partial charge in [0.25, 0.3) is 5.91 Å². The van der Waals surface area contributed by atoms with E-state index in [1.54, 1.807) is 4.90 Å². The normalized spacial score (nSPS) is 16.2. The fourth-order valence-corrected chi connectivity index (χ4v) is 1.86. The lowest BCUT2D eigenvalue weighted by Crippen LogP contribution is -2.37. The van der Waals surface area contributed by atoms with Crippen molar-refractivity contribution in [2.24, 2.45) is 0 Å². The van der Waals surface area contributed by atoms with Crippen LogP contribution in [0.15, 0.2) is 24.3 Å². The first-order valence-corrected chi connectivity index (χ1v) is 6.12. The molecule has 0 radical (unpaired) electrons. The van der Waals surface area contributed by atoms with Gasteiger partial charge >= 0.3 is 0 Å². The zero-order chi connectivity index (χ0) is 12.8. The highest BCUT2D eigenvalue weighted by molar-refractivity contribution is 5.77. The molecule has 1 saturated heterocycles. The van der Waals surface area contributed by atoms with Crippen LogP contribution in [0.4, 0.5) is 4.39 Å². The van der Waals surface area contributed by atoms with Crippen LogP contribution in [0.1, 0.15) is 6.42 Å². The highest BCUT2D eigenvalue weighted by Crippen LogP contribution is 2.11. The third kappa shape index (κ3) is 3.70. The fourth-order valence-electron chi connectivity index (χ4n) is 1.86. The van der Waals surface area contributed by atoms with Gasteiger partial charge in [-0.3, -0.25) is 4.79 Å². The molecule has 0 spiro atoms. The summed E-state index contributed by atoms with van der Waals surface area (Å²) >= 11 is 0. The van der Waals surface area contributed by atoms with Crippen LogP contribution >= 0.6 is 0 Å². The molecule has 0 aromatic heterocycles. The number of benzene rings is 1. The molecule has 0 unspecified atom stereocenters. The Kier molecular flexibility index (Phi) is 4.52. The lowest BCUT2D eigenvalue weighted by molar-refractivity contribution is -0.133. The standard InChI is InChI=1S/C13H17FN2O2/c14-11-2-4-12(5-3-11)18-10-13(17)16-8-1-6-15-7-9-16/h2-5,15H,1,6-10H2. The van der Waals surface area contributed by atoms with Gasteiger partial charge in [-0.15, -0.1) is 0 Å². The second-order valence-corrected chi connectivity index (χ2v) is 4.23. The minimum atomic E-state index is -0.313. The summed E-state index contributed by atoms with van der Waals surface area (Å²) in [6.07, 6.45) is 0.961. The summed E-state index contributed by atoms with van der Waals surface area (Å²) < 4.78 is 18.0. The number of nitrogens with zero attached hydrogens (tertiary/aromatic N) is 1. The van der Waals surface area contributed by atoms with Crippen molar-refractivity contribution < 1.29 is 13.9 Å². The van der Waals surface area contributed by atoms with E-state index in [0.29, 0.717) is 12.3 Å². The van der Waals surface area contributed by atoms with Crippen molar-refractivity contribution in [3.8, 4) is 5.75 Å². The van der Waals surface area contributed by atoms with E-state index in [0.717, 1.165) is 26.1 Å². The van der Waals surface area contributed by atoms with Gasteiger partial charge in [0, 0.05) is 19.6 Å². The van der Waals surface area contributed by atoms with Gasteiger partial charge in [-0.25, -0.2) is 4.39 Å². The van der Waals surface area contributed by atoms with Gasteiger partial charge in [0.1, 0.15) is 11.6 Å². The average Bonchev–Trinajstić information content (AvgIpc) is 2.66. The van der Waals surface area contributed by atoms with Gasteiger partial charge < -0.3 is 15.0 Å². The molecular formula is C13H17FN2O2. The molecule has 0 bridgehead atoms. The average molecular weight is 252 g/mol. The number of hydrogen-bond acceptors (Lipinski definition) is 3. The third-order valence-corrected chi connectivity index (χ3v) is 2.87. The van der Waals surface area contributed by atoms with Crippen molar-refractivity contribution >= 4 is 5.91 Å². The van der Waals surface area contributed by atoms with E-state index < -0.39 is 0 Å². The SMILES string of the molecule is O=C(COc1ccc(F)cc1)N1CCCNCC1. The highest BCUT2D eigenvalue weighted by Gasteiger charge is 2.15. The molecule has 0 aliphatic carbocycles. The second kappa shape index (κ2) is 6.35. The first-order chi connectivity index (χ1) is 8.75. The first-order valence-electron chi connectivity index (χ1n) is 6.12. The highest BCUT2D eigenvalue weighted by atomic mass is 19.1. The Morgan fingerprint density at radius 1 is 1.28 bits per heavy atom. The molecule has 5 heteroatoms. The Hall–Kier alpha value is -1.62. The van der Waals surface area contributed by atoms with E-state index in [-0.39, 0.29) is 18.3 Å². The number of amides is 1. The molecule has 0 saturated carbocycles. The largest absolute Gasteiger partial charge is 0.484 e. The Balaban J connectivity index is 1.81. The van der Waals surface area contributed by atoms with Crippen LogP contribution < -0.4 is 10.1 Å². The van der Waals surface area contributed by atoms with Gasteiger partial charge in [-0.1, -0.05) is 0 Å². The van der Waals surface area contributed by atoms with Gasteiger partial charge in [-0.05, 0) is 37.2 Å². The number of ether oxygens (including phenoxy) is 1. The first kappa shape index (κ1) is 12.8. The predicted octanol–water partition coefficient (Wildman–Crippen LogP) is 1.03. The number of nitrogens with one attached hydrogen (secondary N) is 1. The van der Waals surface area contributed by atoms with Crippen LogP contribution in [0.2, 0.25) is 0 Å². The summed E-state index contributed by atoms with van der Waals surface area (Å²) in [4.78, 5) is 13.7. The molecule has 1 N–H and O–H groups in total. The van der Waals surface area contributed by atoms with Gasteiger partial charge in [-0.2, -0.15) is 0 Å². The van der Waals surface area contributed by atoms with Crippen LogP contribution in [0, 0.1) is 5.82 Å². The smallest absolute Gasteiger partial charge is 0.260 e. The summed E-state index contributed by atoms with van der Waals surface area (Å²) in [6, 6.07) is 5.67. The molecule has 1 fully saturated rings. The van der Waals surface area contributed by atoms with Crippen molar-refractivity contribution in [2.45, 2.75) is 6.42 Å². The molecule has 18 heavy (non-hydrogen) atoms. The summed E-state index contributed by atoms with van der Waals surface area (Å²) in [6.45, 7) is 3.25. The van der Waals surface area contributed by atoms with Crippen LogP contribution in [0.5, 0.6) is 5.75 Å². The Morgan fingerprint density at radius 2 is 2.06 bits per heavy atom. The summed E-state index contributed by atoms with van der Waals surface area (Å²) in [5, 5.41) is 3.24. The van der Waals surface area contributed by atoms with Gasteiger partial charge in [0.05, 0.1) is 0 Å².